The molecule has 1 aromatic carbocycles. The van der Waals surface area contributed by atoms with Crippen LogP contribution in [0.1, 0.15) is 44.7 Å². The molecule has 2 saturated heterocycles. The zero-order chi connectivity index (χ0) is 17.0. The average Bonchev–Trinajstić information content (AvgIpc) is 3.18. The van der Waals surface area contributed by atoms with Gasteiger partial charge < -0.3 is 14.2 Å². The minimum Gasteiger partial charge on any atom is -0.361 e. The van der Waals surface area contributed by atoms with Crippen molar-refractivity contribution < 1.29 is 14.2 Å². The molecule has 0 spiro atoms. The lowest BCUT2D eigenvalue weighted by molar-refractivity contribution is -0.156. The molecule has 0 radical (unpaired) electrons. The summed E-state index contributed by atoms with van der Waals surface area (Å²) in [7, 11) is 0. The average molecular weight is 330 g/mol. The van der Waals surface area contributed by atoms with E-state index in [9.17, 15) is 0 Å². The molecule has 130 valence electrons. The monoisotopic (exact) mass is 330 g/mol. The van der Waals surface area contributed by atoms with Gasteiger partial charge in [0.15, 0.2) is 6.29 Å². The number of benzene rings is 1. The largest absolute Gasteiger partial charge is 0.361 e. The summed E-state index contributed by atoms with van der Waals surface area (Å²) >= 11 is 0. The first-order valence-corrected chi connectivity index (χ1v) is 8.81. The topological polar surface area (TPSA) is 35.3 Å². The number of hydrogen-bond donors (Lipinski definition) is 0. The number of fused-ring (bicyclic) bond motifs is 1. The van der Waals surface area contributed by atoms with Crippen LogP contribution in [0.4, 0.5) is 0 Å². The molecule has 3 atom stereocenters. The quantitative estimate of drug-likeness (QED) is 0.565. The summed E-state index contributed by atoms with van der Waals surface area (Å²) in [5.74, 6) is 0. The van der Waals surface area contributed by atoms with Crippen LogP contribution in [-0.2, 0) is 14.2 Å². The van der Waals surface area contributed by atoms with Gasteiger partial charge in [-0.1, -0.05) is 30.3 Å². The van der Waals surface area contributed by atoms with Crippen molar-refractivity contribution in [3.63, 3.8) is 0 Å². The van der Waals surface area contributed by atoms with Gasteiger partial charge in [-0.05, 0) is 25.8 Å². The Morgan fingerprint density at radius 2 is 2.00 bits per heavy atom. The molecule has 2 heterocycles. The number of ether oxygens (including phenoxy) is 3. The first-order chi connectivity index (χ1) is 11.7. The number of rotatable bonds is 7. The standard InChI is InChI=1S/C19H26N2O3/c1-4-22-18(23-5-2)13-19(20-3)12-11-17-21(19)16(14-24-17)15-9-7-6-8-10-15/h6-10,16-18H,4-5,11-14H2,1-2H3/t16-,17?,19?/m0/s1. The van der Waals surface area contributed by atoms with Gasteiger partial charge in [0.1, 0.15) is 6.23 Å². The lowest BCUT2D eigenvalue weighted by atomic mass is 9.99. The van der Waals surface area contributed by atoms with Gasteiger partial charge in [-0.15, -0.1) is 0 Å². The summed E-state index contributed by atoms with van der Waals surface area (Å²) in [6.07, 6.45) is 1.91. The van der Waals surface area contributed by atoms with Crippen molar-refractivity contribution in [1.29, 1.82) is 0 Å². The molecule has 2 aliphatic heterocycles. The van der Waals surface area contributed by atoms with Gasteiger partial charge in [-0.25, -0.2) is 6.57 Å². The highest BCUT2D eigenvalue weighted by Crippen LogP contribution is 2.48. The highest BCUT2D eigenvalue weighted by molar-refractivity contribution is 5.23. The van der Waals surface area contributed by atoms with E-state index in [0.717, 1.165) is 12.8 Å². The highest BCUT2D eigenvalue weighted by atomic mass is 16.7. The molecular formula is C19H26N2O3. The molecular weight excluding hydrogens is 304 g/mol. The summed E-state index contributed by atoms with van der Waals surface area (Å²) < 4.78 is 17.5. The van der Waals surface area contributed by atoms with Crippen molar-refractivity contribution in [2.75, 3.05) is 19.8 Å². The lowest BCUT2D eigenvalue weighted by Crippen LogP contribution is -2.47. The normalized spacial score (nSPS) is 29.8. The van der Waals surface area contributed by atoms with Crippen LogP contribution in [0.25, 0.3) is 4.85 Å². The molecule has 24 heavy (non-hydrogen) atoms. The van der Waals surface area contributed by atoms with Crippen molar-refractivity contribution in [2.24, 2.45) is 0 Å². The first kappa shape index (κ1) is 17.4. The van der Waals surface area contributed by atoms with Crippen molar-refractivity contribution in [3.05, 3.63) is 47.3 Å². The molecule has 3 rings (SSSR count). The van der Waals surface area contributed by atoms with Gasteiger partial charge >= 0.3 is 0 Å². The second-order valence-corrected chi connectivity index (χ2v) is 6.30. The summed E-state index contributed by atoms with van der Waals surface area (Å²) in [5.41, 5.74) is 0.593. The maximum absolute atomic E-state index is 7.93. The van der Waals surface area contributed by atoms with Gasteiger partial charge in [0.2, 0.25) is 0 Å². The van der Waals surface area contributed by atoms with E-state index in [2.05, 4.69) is 21.9 Å². The highest BCUT2D eigenvalue weighted by Gasteiger charge is 2.59. The molecule has 2 fully saturated rings. The fourth-order valence-electron chi connectivity index (χ4n) is 3.93. The van der Waals surface area contributed by atoms with E-state index >= 15 is 0 Å². The molecule has 0 amide bonds. The van der Waals surface area contributed by atoms with Crippen LogP contribution in [0.15, 0.2) is 30.3 Å². The van der Waals surface area contributed by atoms with E-state index in [1.54, 1.807) is 0 Å². The van der Waals surface area contributed by atoms with E-state index in [-0.39, 0.29) is 18.6 Å². The van der Waals surface area contributed by atoms with Crippen LogP contribution in [-0.4, -0.2) is 42.9 Å². The second-order valence-electron chi connectivity index (χ2n) is 6.30. The minimum atomic E-state index is -0.614. The predicted octanol–water partition coefficient (Wildman–Crippen LogP) is 3.58. The van der Waals surface area contributed by atoms with Crippen LogP contribution in [0.2, 0.25) is 0 Å². The van der Waals surface area contributed by atoms with Gasteiger partial charge in [0, 0.05) is 19.6 Å². The Labute approximate surface area is 144 Å². The smallest absolute Gasteiger partial charge is 0.296 e. The summed E-state index contributed by atoms with van der Waals surface area (Å²) in [5, 5.41) is 0. The maximum atomic E-state index is 7.93. The molecule has 5 nitrogen and oxygen atoms in total. The molecule has 2 unspecified atom stereocenters. The van der Waals surface area contributed by atoms with Gasteiger partial charge in [-0.3, -0.25) is 4.85 Å². The Bertz CT molecular complexity index is 568. The van der Waals surface area contributed by atoms with Crippen LogP contribution < -0.4 is 0 Å². The first-order valence-electron chi connectivity index (χ1n) is 8.81. The Morgan fingerprint density at radius 3 is 2.62 bits per heavy atom. The molecule has 0 aliphatic carbocycles. The predicted molar refractivity (Wildman–Crippen MR) is 91.0 cm³/mol. The second kappa shape index (κ2) is 7.62. The van der Waals surface area contributed by atoms with Crippen LogP contribution >= 0.6 is 0 Å². The van der Waals surface area contributed by atoms with Gasteiger partial charge in [0.25, 0.3) is 5.66 Å². The Balaban J connectivity index is 1.85. The van der Waals surface area contributed by atoms with Crippen molar-refractivity contribution in [2.45, 2.75) is 57.3 Å². The van der Waals surface area contributed by atoms with Gasteiger partial charge in [-0.2, -0.15) is 4.90 Å². The van der Waals surface area contributed by atoms with Crippen molar-refractivity contribution >= 4 is 0 Å². The third-order valence-electron chi connectivity index (χ3n) is 4.96. The lowest BCUT2D eigenvalue weighted by Gasteiger charge is -2.33. The molecule has 5 heteroatoms. The Kier molecular flexibility index (Phi) is 5.52. The minimum absolute atomic E-state index is 0.0215. The van der Waals surface area contributed by atoms with E-state index in [1.165, 1.54) is 5.56 Å². The molecule has 2 aliphatic rings. The maximum Gasteiger partial charge on any atom is 0.296 e. The van der Waals surface area contributed by atoms with Crippen LogP contribution in [0, 0.1) is 6.57 Å². The van der Waals surface area contributed by atoms with Crippen LogP contribution in [0.5, 0.6) is 0 Å². The van der Waals surface area contributed by atoms with Crippen LogP contribution in [0.3, 0.4) is 0 Å². The third kappa shape index (κ3) is 3.20. The Hall–Kier alpha value is -1.45. The number of nitrogens with zero attached hydrogens (tertiary/aromatic N) is 2. The van der Waals surface area contributed by atoms with E-state index in [4.69, 9.17) is 20.8 Å². The zero-order valence-electron chi connectivity index (χ0n) is 14.5. The van der Waals surface area contributed by atoms with Crippen molar-refractivity contribution in [1.82, 2.24) is 4.90 Å². The zero-order valence-corrected chi connectivity index (χ0v) is 14.5. The molecule has 0 bridgehead atoms. The molecule has 1 aromatic rings. The van der Waals surface area contributed by atoms with Gasteiger partial charge in [0.05, 0.1) is 19.1 Å². The molecule has 0 N–H and O–H groups in total. The Morgan fingerprint density at radius 1 is 1.29 bits per heavy atom. The summed E-state index contributed by atoms with van der Waals surface area (Å²) in [6, 6.07) is 10.5. The molecule has 0 saturated carbocycles. The van der Waals surface area contributed by atoms with E-state index in [0.29, 0.717) is 26.2 Å². The third-order valence-corrected chi connectivity index (χ3v) is 4.96. The fraction of sp³-hybridized carbons (Fsp3) is 0.632. The van der Waals surface area contributed by atoms with Crippen molar-refractivity contribution in [3.8, 4) is 0 Å². The SMILES string of the molecule is [C-]#[N+]C1(CC(OCC)OCC)CCC2OC[C@@H](c3ccccc3)N21. The fourth-order valence-corrected chi connectivity index (χ4v) is 3.93. The van der Waals surface area contributed by atoms with E-state index < -0.39 is 5.66 Å². The summed E-state index contributed by atoms with van der Waals surface area (Å²) in [6.45, 7) is 13.6. The van der Waals surface area contributed by atoms with E-state index in [1.807, 2.05) is 32.0 Å². The number of hydrogen-bond acceptors (Lipinski definition) is 4. The molecule has 0 aromatic heterocycles. The summed E-state index contributed by atoms with van der Waals surface area (Å²) in [4.78, 5) is 6.34.